The lowest BCUT2D eigenvalue weighted by Crippen LogP contribution is -2.36. The number of hydrogen-bond acceptors (Lipinski definition) is 4. The van der Waals surface area contributed by atoms with Crippen molar-refractivity contribution >= 4 is 5.97 Å². The summed E-state index contributed by atoms with van der Waals surface area (Å²) < 4.78 is 4.76. The molecule has 1 N–H and O–H groups in total. The van der Waals surface area contributed by atoms with Gasteiger partial charge < -0.3 is 10.1 Å². The maximum absolute atomic E-state index is 11.5. The highest BCUT2D eigenvalue weighted by molar-refractivity contribution is 5.89. The minimum Gasteiger partial charge on any atom is -0.465 e. The van der Waals surface area contributed by atoms with Crippen molar-refractivity contribution in [3.63, 3.8) is 0 Å². The van der Waals surface area contributed by atoms with E-state index in [0.717, 1.165) is 32.1 Å². The van der Waals surface area contributed by atoms with Crippen molar-refractivity contribution < 1.29 is 9.53 Å². The molecule has 1 aromatic rings. The number of likely N-dealkylation sites (tertiary alicyclic amines) is 1. The quantitative estimate of drug-likeness (QED) is 0.834. The summed E-state index contributed by atoms with van der Waals surface area (Å²) in [6.45, 7) is 4.30. The fraction of sp³-hybridized carbons (Fsp3) is 0.562. The number of benzene rings is 1. The predicted molar refractivity (Wildman–Crippen MR) is 79.7 cm³/mol. The maximum atomic E-state index is 11.5. The number of esters is 1. The molecule has 1 aliphatic heterocycles. The number of ether oxygens (including phenoxy) is 1. The van der Waals surface area contributed by atoms with E-state index in [0.29, 0.717) is 5.56 Å². The Morgan fingerprint density at radius 2 is 2.15 bits per heavy atom. The van der Waals surface area contributed by atoms with Crippen molar-refractivity contribution in [3.8, 4) is 0 Å². The van der Waals surface area contributed by atoms with Gasteiger partial charge in [0, 0.05) is 6.54 Å². The van der Waals surface area contributed by atoms with E-state index in [1.54, 1.807) is 6.07 Å². The highest BCUT2D eigenvalue weighted by atomic mass is 16.5. The van der Waals surface area contributed by atoms with Gasteiger partial charge in [-0.3, -0.25) is 4.90 Å². The summed E-state index contributed by atoms with van der Waals surface area (Å²) in [5.41, 5.74) is 1.81. The van der Waals surface area contributed by atoms with Gasteiger partial charge in [-0.05, 0) is 63.1 Å². The molecule has 4 heteroatoms. The fourth-order valence-electron chi connectivity index (χ4n) is 2.81. The average molecular weight is 276 g/mol. The van der Waals surface area contributed by atoms with Crippen LogP contribution in [0.1, 0.15) is 28.8 Å². The van der Waals surface area contributed by atoms with Gasteiger partial charge in [0.15, 0.2) is 0 Å². The summed E-state index contributed by atoms with van der Waals surface area (Å²) in [7, 11) is 3.44. The average Bonchev–Trinajstić information content (AvgIpc) is 2.49. The molecule has 0 atom stereocenters. The van der Waals surface area contributed by atoms with E-state index in [-0.39, 0.29) is 5.97 Å². The number of nitrogens with one attached hydrogen (secondary N) is 1. The molecule has 4 nitrogen and oxygen atoms in total. The zero-order valence-corrected chi connectivity index (χ0v) is 12.4. The topological polar surface area (TPSA) is 41.6 Å². The molecule has 1 aliphatic rings. The Morgan fingerprint density at radius 3 is 2.80 bits per heavy atom. The summed E-state index contributed by atoms with van der Waals surface area (Å²) in [6.07, 6.45) is 2.50. The molecular formula is C16H24N2O2. The molecule has 0 aliphatic carbocycles. The van der Waals surface area contributed by atoms with Crippen LogP contribution in [0.3, 0.4) is 0 Å². The summed E-state index contributed by atoms with van der Waals surface area (Å²) in [6, 6.07) is 7.74. The van der Waals surface area contributed by atoms with Gasteiger partial charge in [-0.15, -0.1) is 0 Å². The first-order valence-electron chi connectivity index (χ1n) is 7.27. The molecule has 0 unspecified atom stereocenters. The van der Waals surface area contributed by atoms with Crippen molar-refractivity contribution in [2.45, 2.75) is 19.4 Å². The minimum absolute atomic E-state index is 0.264. The van der Waals surface area contributed by atoms with E-state index in [2.05, 4.69) is 16.3 Å². The lowest BCUT2D eigenvalue weighted by Gasteiger charge is -2.31. The van der Waals surface area contributed by atoms with Gasteiger partial charge in [0.2, 0.25) is 0 Å². The van der Waals surface area contributed by atoms with Crippen LogP contribution in [-0.4, -0.2) is 44.7 Å². The second-order valence-electron chi connectivity index (χ2n) is 5.47. The van der Waals surface area contributed by atoms with Crippen molar-refractivity contribution in [3.05, 3.63) is 35.4 Å². The van der Waals surface area contributed by atoms with E-state index >= 15 is 0 Å². The molecule has 20 heavy (non-hydrogen) atoms. The molecule has 2 rings (SSSR count). The Kier molecular flexibility index (Phi) is 5.56. The number of hydrogen-bond donors (Lipinski definition) is 1. The Labute approximate surface area is 121 Å². The van der Waals surface area contributed by atoms with Gasteiger partial charge in [-0.2, -0.15) is 0 Å². The molecule has 0 bridgehead atoms. The van der Waals surface area contributed by atoms with Crippen LogP contribution in [0.5, 0.6) is 0 Å². The number of carbonyl (C=O) groups excluding carboxylic acids is 1. The van der Waals surface area contributed by atoms with E-state index < -0.39 is 0 Å². The molecule has 1 fully saturated rings. The van der Waals surface area contributed by atoms with Crippen LogP contribution in [0.2, 0.25) is 0 Å². The van der Waals surface area contributed by atoms with Crippen molar-refractivity contribution in [1.82, 2.24) is 10.2 Å². The van der Waals surface area contributed by atoms with Crippen LogP contribution >= 0.6 is 0 Å². The standard InChI is InChI=1S/C16H24N2O2/c1-17-11-13-6-8-18(9-7-13)12-14-4-3-5-15(10-14)16(19)20-2/h3-5,10,13,17H,6-9,11-12H2,1-2H3. The molecular weight excluding hydrogens is 252 g/mol. The number of rotatable bonds is 5. The third kappa shape index (κ3) is 4.05. The normalized spacial score (nSPS) is 17.1. The lowest BCUT2D eigenvalue weighted by molar-refractivity contribution is 0.0600. The Balaban J connectivity index is 1.89. The molecule has 0 amide bonds. The Hall–Kier alpha value is -1.39. The third-order valence-electron chi connectivity index (χ3n) is 3.95. The van der Waals surface area contributed by atoms with Gasteiger partial charge in [-0.1, -0.05) is 12.1 Å². The fourth-order valence-corrected chi connectivity index (χ4v) is 2.81. The van der Waals surface area contributed by atoms with Crippen LogP contribution in [0.15, 0.2) is 24.3 Å². The first-order chi connectivity index (χ1) is 9.72. The van der Waals surface area contributed by atoms with Crippen LogP contribution in [0.25, 0.3) is 0 Å². The second-order valence-corrected chi connectivity index (χ2v) is 5.47. The number of methoxy groups -OCH3 is 1. The number of nitrogens with zero attached hydrogens (tertiary/aromatic N) is 1. The molecule has 110 valence electrons. The van der Waals surface area contributed by atoms with E-state index in [1.165, 1.54) is 25.5 Å². The lowest BCUT2D eigenvalue weighted by atomic mass is 9.96. The summed E-state index contributed by atoms with van der Waals surface area (Å²) in [5.74, 6) is 0.539. The monoisotopic (exact) mass is 276 g/mol. The van der Waals surface area contributed by atoms with Crippen LogP contribution in [0, 0.1) is 5.92 Å². The first kappa shape index (κ1) is 15.0. The Bertz CT molecular complexity index is 440. The highest BCUT2D eigenvalue weighted by Gasteiger charge is 2.18. The summed E-state index contributed by atoms with van der Waals surface area (Å²) in [5, 5.41) is 3.26. The van der Waals surface area contributed by atoms with Crippen molar-refractivity contribution in [1.29, 1.82) is 0 Å². The zero-order chi connectivity index (χ0) is 14.4. The van der Waals surface area contributed by atoms with Crippen molar-refractivity contribution in [2.24, 2.45) is 5.92 Å². The van der Waals surface area contributed by atoms with E-state index in [1.807, 2.05) is 19.2 Å². The van der Waals surface area contributed by atoms with Gasteiger partial charge >= 0.3 is 5.97 Å². The molecule has 0 spiro atoms. The molecule has 0 aromatic heterocycles. The van der Waals surface area contributed by atoms with Gasteiger partial charge in [0.1, 0.15) is 0 Å². The van der Waals surface area contributed by atoms with Crippen molar-refractivity contribution in [2.75, 3.05) is 33.8 Å². The van der Waals surface area contributed by atoms with Crippen LogP contribution < -0.4 is 5.32 Å². The summed E-state index contributed by atoms with van der Waals surface area (Å²) >= 11 is 0. The second kappa shape index (κ2) is 7.41. The molecule has 1 aromatic carbocycles. The minimum atomic E-state index is -0.264. The smallest absolute Gasteiger partial charge is 0.337 e. The maximum Gasteiger partial charge on any atom is 0.337 e. The molecule has 1 saturated heterocycles. The predicted octanol–water partition coefficient (Wildman–Crippen LogP) is 1.90. The van der Waals surface area contributed by atoms with E-state index in [9.17, 15) is 4.79 Å². The summed E-state index contributed by atoms with van der Waals surface area (Å²) in [4.78, 5) is 14.0. The van der Waals surface area contributed by atoms with Crippen LogP contribution in [0.4, 0.5) is 0 Å². The molecule has 1 heterocycles. The number of carbonyl (C=O) groups is 1. The van der Waals surface area contributed by atoms with Crippen LogP contribution in [-0.2, 0) is 11.3 Å². The molecule has 0 saturated carbocycles. The SMILES string of the molecule is CNCC1CCN(Cc2cccc(C(=O)OC)c2)CC1. The Morgan fingerprint density at radius 1 is 1.40 bits per heavy atom. The third-order valence-corrected chi connectivity index (χ3v) is 3.95. The van der Waals surface area contributed by atoms with Gasteiger partial charge in [0.25, 0.3) is 0 Å². The molecule has 0 radical (unpaired) electrons. The van der Waals surface area contributed by atoms with E-state index in [4.69, 9.17) is 4.74 Å². The van der Waals surface area contributed by atoms with Gasteiger partial charge in [0.05, 0.1) is 12.7 Å². The zero-order valence-electron chi connectivity index (χ0n) is 12.4. The first-order valence-corrected chi connectivity index (χ1v) is 7.27. The largest absolute Gasteiger partial charge is 0.465 e. The van der Waals surface area contributed by atoms with Gasteiger partial charge in [-0.25, -0.2) is 4.79 Å². The number of piperidine rings is 1. The highest BCUT2D eigenvalue weighted by Crippen LogP contribution is 2.18.